The van der Waals surface area contributed by atoms with Gasteiger partial charge in [0.05, 0.1) is 33.1 Å². The molecule has 0 aliphatic rings. The minimum absolute atomic E-state index is 0.0731. The quantitative estimate of drug-likeness (QED) is 0.698. The highest BCUT2D eigenvalue weighted by atomic mass is 16.5. The van der Waals surface area contributed by atoms with Crippen LogP contribution in [0.3, 0.4) is 0 Å². The van der Waals surface area contributed by atoms with E-state index in [1.807, 2.05) is 25.1 Å². The van der Waals surface area contributed by atoms with Gasteiger partial charge in [0.15, 0.2) is 11.5 Å². The third-order valence-corrected chi connectivity index (χ3v) is 3.65. The van der Waals surface area contributed by atoms with Crippen LogP contribution in [-0.4, -0.2) is 44.1 Å². The monoisotopic (exact) mass is 375 g/mol. The molecule has 27 heavy (non-hydrogen) atoms. The first-order chi connectivity index (χ1) is 13.0. The molecule has 2 rings (SSSR count). The first-order valence-corrected chi connectivity index (χ1v) is 8.60. The maximum Gasteiger partial charge on any atom is 0.321 e. The highest BCUT2D eigenvalue weighted by Gasteiger charge is 2.12. The van der Waals surface area contributed by atoms with E-state index >= 15 is 0 Å². The van der Waals surface area contributed by atoms with Crippen LogP contribution in [0.5, 0.6) is 11.5 Å². The van der Waals surface area contributed by atoms with Crippen LogP contribution in [0.2, 0.25) is 0 Å². The Labute approximate surface area is 158 Å². The number of imide groups is 1. The summed E-state index contributed by atoms with van der Waals surface area (Å²) in [5.74, 6) is 1.54. The van der Waals surface area contributed by atoms with Gasteiger partial charge in [-0.15, -0.1) is 0 Å². The largest absolute Gasteiger partial charge is 0.493 e. The Kier molecular flexibility index (Phi) is 7.69. The number of hydrogen-bond donors (Lipinski definition) is 2. The molecule has 3 amide bonds. The summed E-state index contributed by atoms with van der Waals surface area (Å²) in [5.41, 5.74) is 0.966. The van der Waals surface area contributed by atoms with Crippen molar-refractivity contribution >= 4 is 11.9 Å². The normalized spacial score (nSPS) is 10.5. The lowest BCUT2D eigenvalue weighted by molar-refractivity contribution is -0.120. The van der Waals surface area contributed by atoms with Crippen molar-refractivity contribution in [3.05, 3.63) is 47.9 Å². The van der Waals surface area contributed by atoms with E-state index in [1.165, 1.54) is 6.26 Å². The van der Waals surface area contributed by atoms with Crippen molar-refractivity contribution in [2.45, 2.75) is 20.0 Å². The lowest BCUT2D eigenvalue weighted by Crippen LogP contribution is -2.43. The zero-order valence-electron chi connectivity index (χ0n) is 15.8. The summed E-state index contributed by atoms with van der Waals surface area (Å²) in [6.07, 6.45) is 1.52. The van der Waals surface area contributed by atoms with Gasteiger partial charge >= 0.3 is 6.03 Å². The Bertz CT molecular complexity index is 746. The standard InChI is InChI=1S/C19H25N3O5/c1-4-26-16-8-7-14(10-17(16)25-3)12-22(2)13-18(23)21-19(24)20-11-15-6-5-9-27-15/h5-10H,4,11-13H2,1-3H3,(H2,20,21,23,24). The van der Waals surface area contributed by atoms with Crippen molar-refractivity contribution in [1.29, 1.82) is 0 Å². The van der Waals surface area contributed by atoms with Gasteiger partial charge in [0.1, 0.15) is 5.76 Å². The van der Waals surface area contributed by atoms with Crippen LogP contribution in [0.15, 0.2) is 41.0 Å². The van der Waals surface area contributed by atoms with Gasteiger partial charge in [0.25, 0.3) is 0 Å². The molecule has 2 N–H and O–H groups in total. The third-order valence-electron chi connectivity index (χ3n) is 3.65. The number of nitrogens with zero attached hydrogens (tertiary/aromatic N) is 1. The molecule has 146 valence electrons. The fraction of sp³-hybridized carbons (Fsp3) is 0.368. The number of rotatable bonds is 9. The molecule has 0 unspecified atom stereocenters. The van der Waals surface area contributed by atoms with Crippen LogP contribution in [0, 0.1) is 0 Å². The number of furan rings is 1. The molecule has 1 aromatic heterocycles. The van der Waals surface area contributed by atoms with E-state index in [9.17, 15) is 9.59 Å². The van der Waals surface area contributed by atoms with Gasteiger partial charge in [-0.2, -0.15) is 0 Å². The van der Waals surface area contributed by atoms with E-state index in [-0.39, 0.29) is 13.1 Å². The summed E-state index contributed by atoms with van der Waals surface area (Å²) in [5, 5.41) is 4.85. The zero-order chi connectivity index (χ0) is 19.6. The Balaban J connectivity index is 1.79. The van der Waals surface area contributed by atoms with Gasteiger partial charge < -0.3 is 19.2 Å². The molecule has 0 aliphatic carbocycles. The summed E-state index contributed by atoms with van der Waals surface area (Å²) in [6, 6.07) is 8.53. The van der Waals surface area contributed by atoms with Gasteiger partial charge in [-0.1, -0.05) is 6.07 Å². The van der Waals surface area contributed by atoms with Crippen molar-refractivity contribution in [2.75, 3.05) is 27.3 Å². The second-order valence-electron chi connectivity index (χ2n) is 5.90. The summed E-state index contributed by atoms with van der Waals surface area (Å²) in [4.78, 5) is 25.5. The van der Waals surface area contributed by atoms with E-state index in [4.69, 9.17) is 13.9 Å². The lowest BCUT2D eigenvalue weighted by Gasteiger charge is -2.17. The molecule has 0 fully saturated rings. The van der Waals surface area contributed by atoms with Crippen LogP contribution in [0.4, 0.5) is 4.79 Å². The van der Waals surface area contributed by atoms with E-state index in [2.05, 4.69) is 10.6 Å². The molecule has 0 atom stereocenters. The van der Waals surface area contributed by atoms with Crippen LogP contribution in [0.1, 0.15) is 18.2 Å². The highest BCUT2D eigenvalue weighted by molar-refractivity contribution is 5.95. The smallest absolute Gasteiger partial charge is 0.321 e. The Hall–Kier alpha value is -3.00. The summed E-state index contributed by atoms with van der Waals surface area (Å²) >= 11 is 0. The zero-order valence-corrected chi connectivity index (χ0v) is 15.8. The van der Waals surface area contributed by atoms with Gasteiger partial charge in [0.2, 0.25) is 5.91 Å². The average Bonchev–Trinajstić information content (AvgIpc) is 3.14. The number of carbonyl (C=O) groups is 2. The van der Waals surface area contributed by atoms with Gasteiger partial charge in [0, 0.05) is 6.54 Å². The molecule has 0 aliphatic heterocycles. The summed E-state index contributed by atoms with van der Waals surface area (Å²) in [6.45, 7) is 3.27. The molecule has 0 spiro atoms. The van der Waals surface area contributed by atoms with Crippen LogP contribution >= 0.6 is 0 Å². The molecule has 2 aromatic rings. The second-order valence-corrected chi connectivity index (χ2v) is 5.90. The average molecular weight is 375 g/mol. The number of hydrogen-bond acceptors (Lipinski definition) is 6. The number of carbonyl (C=O) groups excluding carboxylic acids is 2. The van der Waals surface area contributed by atoms with Crippen LogP contribution in [0.25, 0.3) is 0 Å². The first kappa shape index (κ1) is 20.3. The highest BCUT2D eigenvalue weighted by Crippen LogP contribution is 2.28. The van der Waals surface area contributed by atoms with Gasteiger partial charge in [-0.3, -0.25) is 15.0 Å². The number of methoxy groups -OCH3 is 1. The lowest BCUT2D eigenvalue weighted by atomic mass is 10.2. The van der Waals surface area contributed by atoms with E-state index < -0.39 is 11.9 Å². The van der Waals surface area contributed by atoms with Crippen LogP contribution in [-0.2, 0) is 17.9 Å². The van der Waals surface area contributed by atoms with Crippen molar-refractivity contribution in [3.63, 3.8) is 0 Å². The minimum Gasteiger partial charge on any atom is -0.493 e. The molecular weight excluding hydrogens is 350 g/mol. The number of benzene rings is 1. The molecule has 0 saturated heterocycles. The number of likely N-dealkylation sites (N-methyl/N-ethyl adjacent to an activating group) is 1. The Morgan fingerprint density at radius 3 is 2.70 bits per heavy atom. The Morgan fingerprint density at radius 1 is 1.22 bits per heavy atom. The number of urea groups is 1. The van der Waals surface area contributed by atoms with Crippen molar-refractivity contribution < 1.29 is 23.5 Å². The maximum absolute atomic E-state index is 12.0. The fourth-order valence-electron chi connectivity index (χ4n) is 2.49. The predicted octanol–water partition coefficient (Wildman–Crippen LogP) is 2.14. The van der Waals surface area contributed by atoms with Gasteiger partial charge in [-0.05, 0) is 43.8 Å². The predicted molar refractivity (Wildman–Crippen MR) is 99.6 cm³/mol. The van der Waals surface area contributed by atoms with Crippen molar-refractivity contribution in [3.8, 4) is 11.5 Å². The molecule has 0 radical (unpaired) electrons. The molecule has 0 bridgehead atoms. The summed E-state index contributed by atoms with van der Waals surface area (Å²) < 4.78 is 15.9. The number of nitrogens with one attached hydrogen (secondary N) is 2. The van der Waals surface area contributed by atoms with Crippen molar-refractivity contribution in [1.82, 2.24) is 15.5 Å². The maximum atomic E-state index is 12.0. The SMILES string of the molecule is CCOc1ccc(CN(C)CC(=O)NC(=O)NCc2ccco2)cc1OC. The van der Waals surface area contributed by atoms with Crippen molar-refractivity contribution in [2.24, 2.45) is 0 Å². The second kappa shape index (κ2) is 10.2. The summed E-state index contributed by atoms with van der Waals surface area (Å²) in [7, 11) is 3.38. The Morgan fingerprint density at radius 2 is 2.04 bits per heavy atom. The minimum atomic E-state index is -0.562. The molecule has 1 heterocycles. The van der Waals surface area contributed by atoms with E-state index in [0.717, 1.165) is 5.56 Å². The number of amides is 3. The molecular formula is C19H25N3O5. The van der Waals surface area contributed by atoms with E-state index in [1.54, 1.807) is 31.2 Å². The van der Waals surface area contributed by atoms with Crippen LogP contribution < -0.4 is 20.1 Å². The fourth-order valence-corrected chi connectivity index (χ4v) is 2.49. The van der Waals surface area contributed by atoms with E-state index in [0.29, 0.717) is 30.4 Å². The first-order valence-electron chi connectivity index (χ1n) is 8.60. The molecule has 1 aromatic carbocycles. The third kappa shape index (κ3) is 6.67. The molecule has 8 heteroatoms. The van der Waals surface area contributed by atoms with Gasteiger partial charge in [-0.25, -0.2) is 4.79 Å². The topological polar surface area (TPSA) is 93.0 Å². The number of ether oxygens (including phenoxy) is 2. The molecule has 0 saturated carbocycles. The molecule has 8 nitrogen and oxygen atoms in total.